The van der Waals surface area contributed by atoms with Crippen LogP contribution in [0, 0.1) is 0 Å². The van der Waals surface area contributed by atoms with Crippen LogP contribution in [0.1, 0.15) is 30.4 Å². The van der Waals surface area contributed by atoms with Gasteiger partial charge in [-0.3, -0.25) is 9.80 Å². The molecule has 4 nitrogen and oxygen atoms in total. The van der Waals surface area contributed by atoms with Crippen molar-refractivity contribution in [2.45, 2.75) is 56.9 Å². The van der Waals surface area contributed by atoms with Gasteiger partial charge in [0.05, 0.1) is 0 Å². The van der Waals surface area contributed by atoms with Gasteiger partial charge in [0.25, 0.3) is 0 Å². The number of hydrogen-bond donors (Lipinski definition) is 0. The van der Waals surface area contributed by atoms with E-state index < -0.39 is 0 Å². The fourth-order valence-corrected chi connectivity index (χ4v) is 5.35. The van der Waals surface area contributed by atoms with Gasteiger partial charge in [-0.2, -0.15) is 0 Å². The molecule has 2 aromatic rings. The third-order valence-corrected chi connectivity index (χ3v) is 7.09. The first kappa shape index (κ1) is 20.5. The molecule has 2 aliphatic heterocycles. The van der Waals surface area contributed by atoms with Crippen LogP contribution in [0.15, 0.2) is 97.1 Å². The van der Waals surface area contributed by atoms with Crippen molar-refractivity contribution in [1.82, 2.24) is 9.80 Å². The zero-order chi connectivity index (χ0) is 22.0. The molecule has 4 atom stereocenters. The molecule has 33 heavy (non-hydrogen) atoms. The van der Waals surface area contributed by atoms with Crippen molar-refractivity contribution >= 4 is 0 Å². The molecule has 0 saturated heterocycles. The molecule has 4 heteroatoms. The molecule has 4 unspecified atom stereocenters. The lowest BCUT2D eigenvalue weighted by atomic mass is 10.0. The van der Waals surface area contributed by atoms with Gasteiger partial charge in [-0.1, -0.05) is 85.0 Å². The average Bonchev–Trinajstić information content (AvgIpc) is 2.89. The third kappa shape index (κ3) is 4.17. The molecule has 4 aliphatic rings. The first-order chi connectivity index (χ1) is 16.3. The Kier molecular flexibility index (Phi) is 5.63. The van der Waals surface area contributed by atoms with Crippen molar-refractivity contribution in [2.24, 2.45) is 0 Å². The molecule has 2 aliphatic carbocycles. The molecule has 2 heterocycles. The summed E-state index contributed by atoms with van der Waals surface area (Å²) in [6.45, 7) is 1.78. The minimum atomic E-state index is -0.0538. The molecule has 0 aromatic heterocycles. The highest BCUT2D eigenvalue weighted by molar-refractivity contribution is 5.37. The molecular formula is C29H30N2O2. The zero-order valence-corrected chi connectivity index (χ0v) is 18.8. The van der Waals surface area contributed by atoms with E-state index in [1.165, 1.54) is 11.1 Å². The van der Waals surface area contributed by atoms with E-state index in [1.54, 1.807) is 0 Å². The summed E-state index contributed by atoms with van der Waals surface area (Å²) in [7, 11) is 0. The first-order valence-electron chi connectivity index (χ1n) is 12.0. The number of ether oxygens (including phenoxy) is 2. The van der Waals surface area contributed by atoms with Crippen molar-refractivity contribution in [1.29, 1.82) is 0 Å². The van der Waals surface area contributed by atoms with Crippen LogP contribution in [0.2, 0.25) is 0 Å². The van der Waals surface area contributed by atoms with Crippen molar-refractivity contribution in [3.05, 3.63) is 108 Å². The second kappa shape index (κ2) is 9.05. The van der Waals surface area contributed by atoms with E-state index in [1.807, 2.05) is 0 Å². The first-order valence-corrected chi connectivity index (χ1v) is 12.0. The van der Waals surface area contributed by atoms with Crippen LogP contribution >= 0.6 is 0 Å². The van der Waals surface area contributed by atoms with Crippen LogP contribution in [0.3, 0.4) is 0 Å². The molecule has 6 rings (SSSR count). The molecule has 0 bridgehead atoms. The van der Waals surface area contributed by atoms with Gasteiger partial charge in [-0.25, -0.2) is 0 Å². The standard InChI is InChI=1S/C29H30N2O2/c1-3-13-24(14-4-1)30-20-22-11-7-9-17-26(22)32-28(30)19-29-31(25-15-5-2-6-16-25)21-23-12-8-10-18-27(23)33-29/h1-13,15,17-18,24-25,28-29H,14,16,19-21H2. The SMILES string of the molecule is C1=CCC(N2Cc3ccccc3OC2CC2Oc3ccccc3CN2C2C=CC=CC2)C=C1. The van der Waals surface area contributed by atoms with Crippen LogP contribution in [-0.2, 0) is 13.1 Å². The van der Waals surface area contributed by atoms with Crippen LogP contribution < -0.4 is 9.47 Å². The average molecular weight is 439 g/mol. The van der Waals surface area contributed by atoms with Gasteiger partial charge in [0, 0.05) is 42.7 Å². The van der Waals surface area contributed by atoms with Gasteiger partial charge in [-0.05, 0) is 25.0 Å². The number of para-hydroxylation sites is 2. The van der Waals surface area contributed by atoms with Crippen LogP contribution in [0.25, 0.3) is 0 Å². The highest BCUT2D eigenvalue weighted by Crippen LogP contribution is 2.36. The smallest absolute Gasteiger partial charge is 0.158 e. The van der Waals surface area contributed by atoms with Crippen molar-refractivity contribution in [2.75, 3.05) is 0 Å². The van der Waals surface area contributed by atoms with E-state index in [2.05, 4.69) is 107 Å². The van der Waals surface area contributed by atoms with Crippen LogP contribution in [-0.4, -0.2) is 34.3 Å². The largest absolute Gasteiger partial charge is 0.475 e. The molecular weight excluding hydrogens is 408 g/mol. The Hall–Kier alpha value is -3.08. The van der Waals surface area contributed by atoms with Gasteiger partial charge in [0.15, 0.2) is 12.5 Å². The second-order valence-corrected chi connectivity index (χ2v) is 9.17. The zero-order valence-electron chi connectivity index (χ0n) is 18.8. The van der Waals surface area contributed by atoms with Gasteiger partial charge >= 0.3 is 0 Å². The van der Waals surface area contributed by atoms with E-state index in [4.69, 9.17) is 9.47 Å². The van der Waals surface area contributed by atoms with Crippen molar-refractivity contribution < 1.29 is 9.47 Å². The summed E-state index contributed by atoms with van der Waals surface area (Å²) in [6.07, 6.45) is 20.4. The van der Waals surface area contributed by atoms with Crippen LogP contribution in [0.4, 0.5) is 0 Å². The minimum Gasteiger partial charge on any atom is -0.475 e. The Balaban J connectivity index is 1.31. The maximum absolute atomic E-state index is 6.65. The highest BCUT2D eigenvalue weighted by atomic mass is 16.5. The number of benzene rings is 2. The number of rotatable bonds is 4. The molecule has 0 radical (unpaired) electrons. The van der Waals surface area contributed by atoms with Crippen LogP contribution in [0.5, 0.6) is 11.5 Å². The molecule has 0 saturated carbocycles. The summed E-state index contributed by atoms with van der Waals surface area (Å²) in [5, 5.41) is 0. The maximum Gasteiger partial charge on any atom is 0.158 e. The van der Waals surface area contributed by atoms with Crippen molar-refractivity contribution in [3.8, 4) is 11.5 Å². The Morgan fingerprint density at radius 2 is 1.12 bits per heavy atom. The van der Waals surface area contributed by atoms with E-state index >= 15 is 0 Å². The Labute approximate surface area is 196 Å². The Bertz CT molecular complexity index is 1030. The monoisotopic (exact) mass is 438 g/mol. The summed E-state index contributed by atoms with van der Waals surface area (Å²) >= 11 is 0. The number of allylic oxidation sites excluding steroid dienone is 4. The minimum absolute atomic E-state index is 0.0538. The summed E-state index contributed by atoms with van der Waals surface area (Å²) in [5.41, 5.74) is 2.51. The summed E-state index contributed by atoms with van der Waals surface area (Å²) in [5.74, 6) is 2.00. The van der Waals surface area contributed by atoms with Crippen molar-refractivity contribution in [3.63, 3.8) is 0 Å². The topological polar surface area (TPSA) is 24.9 Å². The fourth-order valence-electron chi connectivity index (χ4n) is 5.35. The predicted octanol–water partition coefficient (Wildman–Crippen LogP) is 5.59. The molecule has 0 N–H and O–H groups in total. The van der Waals surface area contributed by atoms with E-state index in [0.29, 0.717) is 12.1 Å². The molecule has 0 amide bonds. The summed E-state index contributed by atoms with van der Waals surface area (Å²) in [4.78, 5) is 5.00. The van der Waals surface area contributed by atoms with E-state index in [0.717, 1.165) is 43.9 Å². The second-order valence-electron chi connectivity index (χ2n) is 9.17. The third-order valence-electron chi connectivity index (χ3n) is 7.09. The maximum atomic E-state index is 6.65. The molecule has 0 spiro atoms. The highest BCUT2D eigenvalue weighted by Gasteiger charge is 2.39. The lowest BCUT2D eigenvalue weighted by Gasteiger charge is -2.46. The number of fused-ring (bicyclic) bond motifs is 2. The van der Waals surface area contributed by atoms with Gasteiger partial charge < -0.3 is 9.47 Å². The lowest BCUT2D eigenvalue weighted by Crippen LogP contribution is -2.54. The molecule has 2 aromatic carbocycles. The molecule has 0 fully saturated rings. The predicted molar refractivity (Wildman–Crippen MR) is 131 cm³/mol. The normalized spacial score (nSPS) is 28.6. The Morgan fingerprint density at radius 3 is 1.58 bits per heavy atom. The number of hydrogen-bond acceptors (Lipinski definition) is 4. The quantitative estimate of drug-likeness (QED) is 0.622. The fraction of sp³-hybridized carbons (Fsp3) is 0.310. The van der Waals surface area contributed by atoms with E-state index in [9.17, 15) is 0 Å². The summed E-state index contributed by atoms with van der Waals surface area (Å²) < 4.78 is 13.3. The van der Waals surface area contributed by atoms with Gasteiger partial charge in [-0.15, -0.1) is 0 Å². The molecule has 168 valence electrons. The van der Waals surface area contributed by atoms with E-state index in [-0.39, 0.29) is 12.5 Å². The Morgan fingerprint density at radius 1 is 0.636 bits per heavy atom. The van der Waals surface area contributed by atoms with Gasteiger partial charge in [0.2, 0.25) is 0 Å². The number of nitrogens with zero attached hydrogens (tertiary/aromatic N) is 2. The van der Waals surface area contributed by atoms with Gasteiger partial charge in [0.1, 0.15) is 11.5 Å². The lowest BCUT2D eigenvalue weighted by molar-refractivity contribution is -0.0922. The summed E-state index contributed by atoms with van der Waals surface area (Å²) in [6, 6.07) is 17.5.